The molecular formula is C18H23N3O10S. The Labute approximate surface area is 186 Å². The molecule has 0 radical (unpaired) electrons. The first-order valence-corrected chi connectivity index (χ1v) is 9.81. The van der Waals surface area contributed by atoms with E-state index in [1.165, 1.54) is 6.92 Å². The van der Waals surface area contributed by atoms with Gasteiger partial charge in [0.25, 0.3) is 5.56 Å². The molecule has 32 heavy (non-hydrogen) atoms. The number of rotatable bonds is 6. The first-order chi connectivity index (χ1) is 14.9. The minimum absolute atomic E-state index is 0.0199. The van der Waals surface area contributed by atoms with E-state index < -0.39 is 66.7 Å². The molecule has 5 atom stereocenters. The van der Waals surface area contributed by atoms with Crippen LogP contribution in [0.1, 0.15) is 39.6 Å². The van der Waals surface area contributed by atoms with E-state index in [0.29, 0.717) is 0 Å². The van der Waals surface area contributed by atoms with Crippen LogP contribution in [0.25, 0.3) is 0 Å². The van der Waals surface area contributed by atoms with Crippen molar-refractivity contribution in [3.05, 3.63) is 20.8 Å². The molecule has 2 rings (SSSR count). The van der Waals surface area contributed by atoms with E-state index in [1.807, 2.05) is 0 Å². The summed E-state index contributed by atoms with van der Waals surface area (Å²) in [5, 5.41) is 4.08. The van der Waals surface area contributed by atoms with Crippen molar-refractivity contribution in [1.82, 2.24) is 14.8 Å². The number of hydrogen-bond donors (Lipinski definition) is 1. The molecule has 1 saturated heterocycles. The Morgan fingerprint density at radius 3 is 2.03 bits per heavy atom. The summed E-state index contributed by atoms with van der Waals surface area (Å²) in [6, 6.07) is 0. The summed E-state index contributed by atoms with van der Waals surface area (Å²) in [4.78, 5) is 61.0. The minimum Gasteiger partial charge on any atom is -0.463 e. The predicted molar refractivity (Wildman–Crippen MR) is 106 cm³/mol. The Morgan fingerprint density at radius 2 is 1.50 bits per heavy atom. The van der Waals surface area contributed by atoms with Crippen LogP contribution in [-0.4, -0.2) is 69.7 Å². The zero-order chi connectivity index (χ0) is 24.2. The smallest absolute Gasteiger partial charge is 0.303 e. The molecule has 1 aliphatic heterocycles. The van der Waals surface area contributed by atoms with E-state index in [9.17, 15) is 24.0 Å². The molecule has 0 spiro atoms. The third-order valence-corrected chi connectivity index (χ3v) is 4.51. The summed E-state index contributed by atoms with van der Waals surface area (Å²) in [7, 11) is 0. The van der Waals surface area contributed by atoms with Crippen LogP contribution in [0.15, 0.2) is 4.79 Å². The van der Waals surface area contributed by atoms with Crippen molar-refractivity contribution in [2.75, 3.05) is 6.61 Å². The van der Waals surface area contributed by atoms with Crippen LogP contribution in [-0.2, 0) is 42.9 Å². The number of nitrogens with zero attached hydrogens (tertiary/aromatic N) is 2. The molecule has 0 saturated carbocycles. The van der Waals surface area contributed by atoms with Crippen LogP contribution in [0, 0.1) is 11.7 Å². The topological polar surface area (TPSA) is 165 Å². The van der Waals surface area contributed by atoms with Gasteiger partial charge in [-0.1, -0.05) is 0 Å². The lowest BCUT2D eigenvalue weighted by molar-refractivity contribution is -0.271. The third-order valence-electron chi connectivity index (χ3n) is 4.22. The Hall–Kier alpha value is -3.13. The number of aryl methyl sites for hydroxylation is 1. The highest BCUT2D eigenvalue weighted by Crippen LogP contribution is 2.34. The Morgan fingerprint density at radius 1 is 0.969 bits per heavy atom. The van der Waals surface area contributed by atoms with Crippen LogP contribution in [0.2, 0.25) is 0 Å². The predicted octanol–water partition coefficient (Wildman–Crippen LogP) is -0.135. The van der Waals surface area contributed by atoms with Crippen LogP contribution in [0.3, 0.4) is 0 Å². The molecular weight excluding hydrogens is 450 g/mol. The molecule has 1 fully saturated rings. The van der Waals surface area contributed by atoms with E-state index in [-0.39, 0.29) is 10.5 Å². The second-order valence-corrected chi connectivity index (χ2v) is 7.27. The Kier molecular flexibility index (Phi) is 8.21. The number of carbonyl (C=O) groups excluding carboxylic acids is 4. The van der Waals surface area contributed by atoms with Crippen molar-refractivity contribution in [3.8, 4) is 0 Å². The molecule has 14 heteroatoms. The molecule has 1 aromatic heterocycles. The third kappa shape index (κ3) is 6.20. The van der Waals surface area contributed by atoms with Gasteiger partial charge in [-0.2, -0.15) is 5.10 Å². The maximum absolute atomic E-state index is 11.9. The molecule has 0 amide bonds. The second kappa shape index (κ2) is 10.5. The van der Waals surface area contributed by atoms with Crippen molar-refractivity contribution in [1.29, 1.82) is 0 Å². The number of hydrogen-bond acceptors (Lipinski definition) is 12. The van der Waals surface area contributed by atoms with Gasteiger partial charge in [-0.15, -0.1) is 0 Å². The van der Waals surface area contributed by atoms with Crippen molar-refractivity contribution < 1.29 is 42.9 Å². The Bertz CT molecular complexity index is 1020. The molecule has 0 aromatic carbocycles. The summed E-state index contributed by atoms with van der Waals surface area (Å²) in [5.74, 6) is -2.94. The number of carbonyl (C=O) groups is 4. The van der Waals surface area contributed by atoms with E-state index in [4.69, 9.17) is 35.9 Å². The van der Waals surface area contributed by atoms with E-state index in [1.54, 1.807) is 0 Å². The fourth-order valence-corrected chi connectivity index (χ4v) is 3.31. The lowest BCUT2D eigenvalue weighted by Gasteiger charge is -2.44. The van der Waals surface area contributed by atoms with Gasteiger partial charge < -0.3 is 23.7 Å². The lowest BCUT2D eigenvalue weighted by Crippen LogP contribution is -2.61. The quantitative estimate of drug-likeness (QED) is 0.331. The standard InChI is InChI=1S/C18H23N3O10S/c1-7-16(26)19-18(32)21(20-7)17-15(30-11(5)25)14(29-10(4)24)13(28-9(3)23)12(31-17)6-27-8(2)22/h12-15,17H,6H2,1-5H3,(H,19,26,32)/t12-,13+,14+,15-,17-/m1/s1. The van der Waals surface area contributed by atoms with Gasteiger partial charge in [-0.05, 0) is 19.1 Å². The zero-order valence-corrected chi connectivity index (χ0v) is 18.8. The highest BCUT2D eigenvalue weighted by atomic mass is 32.1. The van der Waals surface area contributed by atoms with Crippen molar-refractivity contribution in [2.24, 2.45) is 0 Å². The van der Waals surface area contributed by atoms with Gasteiger partial charge in [0.15, 0.2) is 29.3 Å². The maximum atomic E-state index is 11.9. The number of nitrogens with one attached hydrogen (secondary N) is 1. The van der Waals surface area contributed by atoms with Crippen LogP contribution in [0.5, 0.6) is 0 Å². The van der Waals surface area contributed by atoms with E-state index in [0.717, 1.165) is 32.4 Å². The monoisotopic (exact) mass is 473 g/mol. The highest BCUT2D eigenvalue weighted by Gasteiger charge is 2.53. The van der Waals surface area contributed by atoms with Gasteiger partial charge in [-0.25, -0.2) is 4.68 Å². The largest absolute Gasteiger partial charge is 0.463 e. The molecule has 176 valence electrons. The SMILES string of the molecule is CC(=O)OC[C@H]1O[C@@H](n2nc(C)c(=O)[nH]c2=S)[C@H](OC(C)=O)[C@@H](OC(C)=O)[C@H]1OC(C)=O. The summed E-state index contributed by atoms with van der Waals surface area (Å²) in [6.45, 7) is 5.51. The summed E-state index contributed by atoms with van der Waals surface area (Å²) in [5.41, 5.74) is -0.525. The van der Waals surface area contributed by atoms with Gasteiger partial charge in [0.1, 0.15) is 18.4 Å². The van der Waals surface area contributed by atoms with E-state index >= 15 is 0 Å². The number of H-pyrrole nitrogens is 1. The van der Waals surface area contributed by atoms with Crippen LogP contribution in [0.4, 0.5) is 0 Å². The molecule has 1 aliphatic rings. The van der Waals surface area contributed by atoms with Crippen molar-refractivity contribution in [2.45, 2.75) is 65.3 Å². The minimum atomic E-state index is -1.39. The molecule has 2 heterocycles. The summed E-state index contributed by atoms with van der Waals surface area (Å²) < 4.78 is 27.8. The van der Waals surface area contributed by atoms with Crippen LogP contribution < -0.4 is 5.56 Å². The number of aromatic amines is 1. The van der Waals surface area contributed by atoms with Gasteiger partial charge in [0.05, 0.1) is 0 Å². The van der Waals surface area contributed by atoms with Gasteiger partial charge in [0.2, 0.25) is 0 Å². The zero-order valence-electron chi connectivity index (χ0n) is 18.0. The molecule has 1 N–H and O–H groups in total. The Balaban J connectivity index is 2.65. The second-order valence-electron chi connectivity index (χ2n) is 6.88. The van der Waals surface area contributed by atoms with E-state index in [2.05, 4.69) is 10.1 Å². The average Bonchev–Trinajstić information content (AvgIpc) is 2.65. The fraction of sp³-hybridized carbons (Fsp3) is 0.611. The first-order valence-electron chi connectivity index (χ1n) is 9.41. The van der Waals surface area contributed by atoms with Crippen molar-refractivity contribution >= 4 is 36.1 Å². The van der Waals surface area contributed by atoms with Crippen molar-refractivity contribution in [3.63, 3.8) is 0 Å². The normalized spacial score (nSPS) is 24.8. The fourth-order valence-electron chi connectivity index (χ4n) is 3.07. The van der Waals surface area contributed by atoms with Gasteiger partial charge in [-0.3, -0.25) is 29.0 Å². The number of ether oxygens (including phenoxy) is 5. The molecule has 0 aliphatic carbocycles. The molecule has 0 unspecified atom stereocenters. The molecule has 1 aromatic rings. The molecule has 13 nitrogen and oxygen atoms in total. The average molecular weight is 473 g/mol. The molecule has 0 bridgehead atoms. The van der Waals surface area contributed by atoms with Gasteiger partial charge >= 0.3 is 23.9 Å². The first kappa shape index (κ1) is 25.1. The number of esters is 4. The summed E-state index contributed by atoms with van der Waals surface area (Å²) in [6.07, 6.45) is -6.58. The van der Waals surface area contributed by atoms with Crippen LogP contribution >= 0.6 is 12.2 Å². The summed E-state index contributed by atoms with van der Waals surface area (Å²) >= 11 is 5.16. The maximum Gasteiger partial charge on any atom is 0.303 e. The number of aromatic nitrogens is 3. The highest BCUT2D eigenvalue weighted by molar-refractivity contribution is 7.71. The lowest BCUT2D eigenvalue weighted by atomic mass is 9.97. The van der Waals surface area contributed by atoms with Gasteiger partial charge in [0, 0.05) is 27.7 Å².